The van der Waals surface area contributed by atoms with Crippen molar-refractivity contribution < 1.29 is 13.2 Å². The highest BCUT2D eigenvalue weighted by Gasteiger charge is 2.16. The third-order valence-electron chi connectivity index (χ3n) is 2.64. The number of aromatic nitrogens is 1. The van der Waals surface area contributed by atoms with Gasteiger partial charge in [0, 0.05) is 24.5 Å². The number of aromatic amines is 1. The Bertz CT molecular complexity index is 680. The fourth-order valence-corrected chi connectivity index (χ4v) is 2.79. The van der Waals surface area contributed by atoms with Crippen LogP contribution in [0.15, 0.2) is 41.4 Å². The molecule has 0 fully saturated rings. The molecule has 2 rings (SSSR count). The van der Waals surface area contributed by atoms with E-state index in [2.05, 4.69) is 9.71 Å². The first-order valence-electron chi connectivity index (χ1n) is 6.18. The Balaban J connectivity index is 2.21. The van der Waals surface area contributed by atoms with Gasteiger partial charge in [0.2, 0.25) is 0 Å². The number of rotatable bonds is 6. The van der Waals surface area contributed by atoms with Crippen molar-refractivity contribution in [3.05, 3.63) is 42.2 Å². The number of anilines is 1. The molecule has 2 aromatic rings. The monoisotopic (exact) mass is 295 g/mol. The number of sulfonamides is 1. The number of hydrogen-bond acceptors (Lipinski definition) is 4. The minimum atomic E-state index is -3.63. The SMILES string of the molecule is CCOc1cccc(NS(=O)(=O)c2c[nH]c(CN)c2)c1. The zero-order chi connectivity index (χ0) is 14.6. The van der Waals surface area contributed by atoms with Crippen LogP contribution in [0.2, 0.25) is 0 Å². The molecule has 0 bridgehead atoms. The first-order chi connectivity index (χ1) is 9.55. The molecule has 108 valence electrons. The Hall–Kier alpha value is -1.99. The Morgan fingerprint density at radius 3 is 2.80 bits per heavy atom. The standard InChI is InChI=1S/C13H17N3O3S/c1-2-19-12-5-3-4-10(6-12)16-20(17,18)13-7-11(8-14)15-9-13/h3-7,9,15-16H,2,8,14H2,1H3. The van der Waals surface area contributed by atoms with E-state index in [1.54, 1.807) is 24.3 Å². The molecule has 4 N–H and O–H groups in total. The van der Waals surface area contributed by atoms with E-state index in [0.717, 1.165) is 0 Å². The topological polar surface area (TPSA) is 97.2 Å². The molecule has 0 aliphatic heterocycles. The molecule has 0 aliphatic rings. The van der Waals surface area contributed by atoms with Crippen molar-refractivity contribution in [2.45, 2.75) is 18.4 Å². The molecular weight excluding hydrogens is 278 g/mol. The quantitative estimate of drug-likeness (QED) is 0.755. The van der Waals surface area contributed by atoms with E-state index in [1.165, 1.54) is 12.3 Å². The number of hydrogen-bond donors (Lipinski definition) is 3. The summed E-state index contributed by atoms with van der Waals surface area (Å²) in [6.45, 7) is 2.65. The number of benzene rings is 1. The highest BCUT2D eigenvalue weighted by Crippen LogP contribution is 2.21. The van der Waals surface area contributed by atoms with Gasteiger partial charge >= 0.3 is 0 Å². The molecule has 6 nitrogen and oxygen atoms in total. The fraction of sp³-hybridized carbons (Fsp3) is 0.231. The number of nitrogens with two attached hydrogens (primary N) is 1. The molecule has 0 spiro atoms. The zero-order valence-corrected chi connectivity index (χ0v) is 11.9. The van der Waals surface area contributed by atoms with Crippen molar-refractivity contribution in [3.8, 4) is 5.75 Å². The smallest absolute Gasteiger partial charge is 0.263 e. The lowest BCUT2D eigenvalue weighted by atomic mass is 10.3. The summed E-state index contributed by atoms with van der Waals surface area (Å²) in [5.41, 5.74) is 6.56. The van der Waals surface area contributed by atoms with Crippen LogP contribution in [-0.2, 0) is 16.6 Å². The second kappa shape index (κ2) is 5.98. The maximum absolute atomic E-state index is 12.2. The van der Waals surface area contributed by atoms with E-state index in [1.807, 2.05) is 6.92 Å². The predicted molar refractivity (Wildman–Crippen MR) is 77.1 cm³/mol. The van der Waals surface area contributed by atoms with Gasteiger partial charge in [-0.15, -0.1) is 0 Å². The van der Waals surface area contributed by atoms with Crippen molar-refractivity contribution in [2.75, 3.05) is 11.3 Å². The van der Waals surface area contributed by atoms with Gasteiger partial charge in [-0.25, -0.2) is 8.42 Å². The van der Waals surface area contributed by atoms with E-state index >= 15 is 0 Å². The van der Waals surface area contributed by atoms with Gasteiger partial charge in [0.1, 0.15) is 10.6 Å². The van der Waals surface area contributed by atoms with Crippen molar-refractivity contribution in [2.24, 2.45) is 5.73 Å². The number of nitrogens with one attached hydrogen (secondary N) is 2. The summed E-state index contributed by atoms with van der Waals surface area (Å²) >= 11 is 0. The van der Waals surface area contributed by atoms with Crippen LogP contribution < -0.4 is 15.2 Å². The number of ether oxygens (including phenoxy) is 1. The molecule has 7 heteroatoms. The van der Waals surface area contributed by atoms with Gasteiger partial charge in [0.25, 0.3) is 10.0 Å². The van der Waals surface area contributed by atoms with Crippen LogP contribution in [0.4, 0.5) is 5.69 Å². The average molecular weight is 295 g/mol. The average Bonchev–Trinajstić information content (AvgIpc) is 2.88. The molecule has 0 unspecified atom stereocenters. The maximum atomic E-state index is 12.2. The third-order valence-corrected chi connectivity index (χ3v) is 4.00. The first kappa shape index (κ1) is 14.4. The second-order valence-electron chi connectivity index (χ2n) is 4.13. The third kappa shape index (κ3) is 3.31. The summed E-state index contributed by atoms with van der Waals surface area (Å²) < 4.78 is 32.2. The highest BCUT2D eigenvalue weighted by molar-refractivity contribution is 7.92. The number of H-pyrrole nitrogens is 1. The molecule has 0 amide bonds. The van der Waals surface area contributed by atoms with E-state index < -0.39 is 10.0 Å². The predicted octanol–water partition coefficient (Wildman–Crippen LogP) is 1.67. The van der Waals surface area contributed by atoms with E-state index in [0.29, 0.717) is 23.7 Å². The molecule has 1 aromatic carbocycles. The summed E-state index contributed by atoms with van der Waals surface area (Å²) in [7, 11) is -3.63. The van der Waals surface area contributed by atoms with Crippen molar-refractivity contribution in [1.82, 2.24) is 4.98 Å². The normalized spacial score (nSPS) is 11.3. The Labute approximate surface area is 118 Å². The molecular formula is C13H17N3O3S. The van der Waals surface area contributed by atoms with Gasteiger partial charge in [-0.05, 0) is 25.1 Å². The molecule has 0 saturated carbocycles. The van der Waals surface area contributed by atoms with Crippen LogP contribution >= 0.6 is 0 Å². The molecule has 1 heterocycles. The molecule has 1 aromatic heterocycles. The lowest BCUT2D eigenvalue weighted by molar-refractivity contribution is 0.340. The van der Waals surface area contributed by atoms with Crippen LogP contribution in [0, 0.1) is 0 Å². The zero-order valence-electron chi connectivity index (χ0n) is 11.1. The summed E-state index contributed by atoms with van der Waals surface area (Å²) in [5, 5.41) is 0. The summed E-state index contributed by atoms with van der Waals surface area (Å²) in [6, 6.07) is 8.30. The lowest BCUT2D eigenvalue weighted by Crippen LogP contribution is -2.12. The van der Waals surface area contributed by atoms with Gasteiger partial charge in [-0.1, -0.05) is 6.07 Å². The molecule has 0 saturated heterocycles. The van der Waals surface area contributed by atoms with Gasteiger partial charge in [0.15, 0.2) is 0 Å². The molecule has 0 aliphatic carbocycles. The lowest BCUT2D eigenvalue weighted by Gasteiger charge is -2.08. The van der Waals surface area contributed by atoms with E-state index in [4.69, 9.17) is 10.5 Å². The van der Waals surface area contributed by atoms with Crippen molar-refractivity contribution >= 4 is 15.7 Å². The van der Waals surface area contributed by atoms with E-state index in [9.17, 15) is 8.42 Å². The highest BCUT2D eigenvalue weighted by atomic mass is 32.2. The van der Waals surface area contributed by atoms with Gasteiger partial charge in [-0.3, -0.25) is 4.72 Å². The van der Waals surface area contributed by atoms with Crippen LogP contribution in [0.1, 0.15) is 12.6 Å². The van der Waals surface area contributed by atoms with Crippen molar-refractivity contribution in [3.63, 3.8) is 0 Å². The summed E-state index contributed by atoms with van der Waals surface area (Å²) in [5.74, 6) is 0.615. The van der Waals surface area contributed by atoms with E-state index in [-0.39, 0.29) is 11.4 Å². The first-order valence-corrected chi connectivity index (χ1v) is 7.66. The Morgan fingerprint density at radius 1 is 1.35 bits per heavy atom. The van der Waals surface area contributed by atoms with Gasteiger partial charge in [0.05, 0.1) is 12.3 Å². The Kier molecular flexibility index (Phi) is 4.31. The summed E-state index contributed by atoms with van der Waals surface area (Å²) in [6.07, 6.45) is 1.41. The Morgan fingerprint density at radius 2 is 2.15 bits per heavy atom. The maximum Gasteiger partial charge on any atom is 0.263 e. The van der Waals surface area contributed by atoms with Crippen LogP contribution in [0.3, 0.4) is 0 Å². The van der Waals surface area contributed by atoms with Gasteiger partial charge < -0.3 is 15.5 Å². The second-order valence-corrected chi connectivity index (χ2v) is 5.81. The van der Waals surface area contributed by atoms with Crippen LogP contribution in [0.25, 0.3) is 0 Å². The van der Waals surface area contributed by atoms with Gasteiger partial charge in [-0.2, -0.15) is 0 Å². The minimum Gasteiger partial charge on any atom is -0.494 e. The molecule has 0 radical (unpaired) electrons. The van der Waals surface area contributed by atoms with Crippen LogP contribution in [-0.4, -0.2) is 20.0 Å². The molecule has 0 atom stereocenters. The van der Waals surface area contributed by atoms with Crippen molar-refractivity contribution in [1.29, 1.82) is 0 Å². The fourth-order valence-electron chi connectivity index (χ4n) is 1.72. The molecule has 20 heavy (non-hydrogen) atoms. The minimum absolute atomic E-state index is 0.153. The largest absolute Gasteiger partial charge is 0.494 e. The van der Waals surface area contributed by atoms with Crippen LogP contribution in [0.5, 0.6) is 5.75 Å². The summed E-state index contributed by atoms with van der Waals surface area (Å²) in [4.78, 5) is 2.96.